The summed E-state index contributed by atoms with van der Waals surface area (Å²) in [6.07, 6.45) is 0.330. The molecule has 2 heterocycles. The van der Waals surface area contributed by atoms with Crippen molar-refractivity contribution in [1.29, 1.82) is 0 Å². The molecule has 0 aromatic heterocycles. The summed E-state index contributed by atoms with van der Waals surface area (Å²) in [6.45, 7) is -2.10. The van der Waals surface area contributed by atoms with Crippen LogP contribution in [0.2, 0.25) is 0 Å². The summed E-state index contributed by atoms with van der Waals surface area (Å²) < 4.78 is 41.0. The molecule has 7 nitrogen and oxygen atoms in total. The molecular weight excluding hydrogens is 446 g/mol. The van der Waals surface area contributed by atoms with Crippen LogP contribution in [-0.2, 0) is 0 Å². The third-order valence-corrected chi connectivity index (χ3v) is 5.60. The first kappa shape index (κ1) is 21.7. The van der Waals surface area contributed by atoms with Gasteiger partial charge in [0.2, 0.25) is 0 Å². The topological polar surface area (TPSA) is 80.6 Å². The summed E-state index contributed by atoms with van der Waals surface area (Å²) in [5, 5.41) is 16.3. The number of carbonyl (C=O) groups is 1. The molecule has 9 heteroatoms. The van der Waals surface area contributed by atoms with Crippen LogP contribution in [0.15, 0.2) is 71.8 Å². The van der Waals surface area contributed by atoms with Crippen LogP contribution >= 0.6 is 0 Å². The Kier molecular flexibility index (Phi) is 5.75. The molecule has 0 bridgehead atoms. The third-order valence-electron chi connectivity index (χ3n) is 5.60. The summed E-state index contributed by atoms with van der Waals surface area (Å²) in [7, 11) is 0. The monoisotopic (exact) mass is 466 g/mol. The first-order valence-electron chi connectivity index (χ1n) is 10.6. The second-order valence-corrected chi connectivity index (χ2v) is 7.74. The van der Waals surface area contributed by atoms with Gasteiger partial charge in [0.1, 0.15) is 24.7 Å². The standard InChI is InChI=1S/C25H20F2N2O5/c26-25(27)34-17-5-3-4-16(12-17)24(31)29-20(18-6-1-2-7-21(18)30)14-19(28-29)15-8-9-22-23(13-15)33-11-10-32-22/h1-9,12-13,20,25,30H,10-11,14H2/t20-/m1/s1. The van der Waals surface area contributed by atoms with Gasteiger partial charge in [-0.1, -0.05) is 24.3 Å². The second kappa shape index (κ2) is 9.01. The van der Waals surface area contributed by atoms with E-state index in [4.69, 9.17) is 9.47 Å². The Morgan fingerprint density at radius 1 is 1.03 bits per heavy atom. The van der Waals surface area contributed by atoms with Gasteiger partial charge in [-0.3, -0.25) is 4.79 Å². The van der Waals surface area contributed by atoms with E-state index in [0.717, 1.165) is 5.56 Å². The second-order valence-electron chi connectivity index (χ2n) is 7.74. The highest BCUT2D eigenvalue weighted by Crippen LogP contribution is 2.39. The van der Waals surface area contributed by atoms with Gasteiger partial charge in [-0.25, -0.2) is 5.01 Å². The lowest BCUT2D eigenvalue weighted by Gasteiger charge is -2.23. The van der Waals surface area contributed by atoms with E-state index in [1.807, 2.05) is 6.07 Å². The number of para-hydroxylation sites is 1. The van der Waals surface area contributed by atoms with Crippen molar-refractivity contribution in [3.63, 3.8) is 0 Å². The van der Waals surface area contributed by atoms with Crippen LogP contribution in [0.25, 0.3) is 0 Å². The molecule has 174 valence electrons. The van der Waals surface area contributed by atoms with Crippen molar-refractivity contribution >= 4 is 11.6 Å². The molecule has 5 rings (SSSR count). The Balaban J connectivity index is 1.52. The van der Waals surface area contributed by atoms with Gasteiger partial charge < -0.3 is 19.3 Å². The molecule has 0 unspecified atom stereocenters. The first-order valence-corrected chi connectivity index (χ1v) is 10.6. The molecule has 3 aromatic carbocycles. The normalized spacial score (nSPS) is 17.0. The maximum absolute atomic E-state index is 13.4. The average molecular weight is 466 g/mol. The van der Waals surface area contributed by atoms with Gasteiger partial charge in [-0.15, -0.1) is 0 Å². The van der Waals surface area contributed by atoms with Crippen LogP contribution in [-0.4, -0.2) is 41.6 Å². The van der Waals surface area contributed by atoms with Crippen molar-refractivity contribution in [2.24, 2.45) is 5.10 Å². The number of halogens is 2. The van der Waals surface area contributed by atoms with Gasteiger partial charge in [0.05, 0.1) is 11.8 Å². The SMILES string of the molecule is O=C(c1cccc(OC(F)F)c1)N1N=C(c2ccc3c(c2)OCCO3)C[C@@H]1c1ccccc1O. The van der Waals surface area contributed by atoms with E-state index in [-0.39, 0.29) is 17.1 Å². The molecule has 0 saturated carbocycles. The van der Waals surface area contributed by atoms with Crippen molar-refractivity contribution in [3.05, 3.63) is 83.4 Å². The minimum atomic E-state index is -3.01. The summed E-state index contributed by atoms with van der Waals surface area (Å²) in [4.78, 5) is 13.4. The lowest BCUT2D eigenvalue weighted by atomic mass is 9.97. The molecule has 1 amide bonds. The Morgan fingerprint density at radius 2 is 1.82 bits per heavy atom. The molecule has 0 saturated heterocycles. The smallest absolute Gasteiger partial charge is 0.387 e. The van der Waals surface area contributed by atoms with Crippen LogP contribution in [0.4, 0.5) is 8.78 Å². The highest BCUT2D eigenvalue weighted by molar-refractivity contribution is 6.05. The zero-order valence-corrected chi connectivity index (χ0v) is 17.9. The summed E-state index contributed by atoms with van der Waals surface area (Å²) >= 11 is 0. The lowest BCUT2D eigenvalue weighted by molar-refractivity contribution is -0.0499. The number of aromatic hydroxyl groups is 1. The molecular formula is C25H20F2N2O5. The molecule has 0 spiro atoms. The predicted octanol–water partition coefficient (Wildman–Crippen LogP) is 4.76. The number of alkyl halides is 2. The highest BCUT2D eigenvalue weighted by Gasteiger charge is 2.35. The van der Waals surface area contributed by atoms with E-state index in [0.29, 0.717) is 42.4 Å². The first-order chi connectivity index (χ1) is 16.5. The zero-order chi connectivity index (χ0) is 23.7. The number of amides is 1. The van der Waals surface area contributed by atoms with E-state index in [1.165, 1.54) is 35.3 Å². The minimum absolute atomic E-state index is 0.0266. The number of hydrogen-bond donors (Lipinski definition) is 1. The molecule has 34 heavy (non-hydrogen) atoms. The van der Waals surface area contributed by atoms with E-state index < -0.39 is 18.6 Å². The van der Waals surface area contributed by atoms with Crippen LogP contribution in [0.1, 0.15) is 33.9 Å². The Bertz CT molecular complexity index is 1260. The largest absolute Gasteiger partial charge is 0.508 e. The third kappa shape index (κ3) is 4.24. The highest BCUT2D eigenvalue weighted by atomic mass is 19.3. The number of nitrogens with zero attached hydrogens (tertiary/aromatic N) is 2. The fourth-order valence-electron chi connectivity index (χ4n) is 4.04. The summed E-state index contributed by atoms with van der Waals surface area (Å²) in [5.74, 6) is 0.608. The fourth-order valence-corrected chi connectivity index (χ4v) is 4.04. The van der Waals surface area contributed by atoms with Gasteiger partial charge in [0.25, 0.3) is 5.91 Å². The maximum atomic E-state index is 13.4. The number of ether oxygens (including phenoxy) is 3. The number of hydrogen-bond acceptors (Lipinski definition) is 6. The molecule has 3 aromatic rings. The number of carbonyl (C=O) groups excluding carboxylic acids is 1. The summed E-state index contributed by atoms with van der Waals surface area (Å²) in [5.41, 5.74) is 2.01. The lowest BCUT2D eigenvalue weighted by Crippen LogP contribution is -2.27. The van der Waals surface area contributed by atoms with E-state index in [2.05, 4.69) is 9.84 Å². The molecule has 0 aliphatic carbocycles. The molecule has 0 fully saturated rings. The van der Waals surface area contributed by atoms with Crippen molar-refractivity contribution < 1.29 is 32.9 Å². The Morgan fingerprint density at radius 3 is 2.62 bits per heavy atom. The molecule has 2 aliphatic rings. The predicted molar refractivity (Wildman–Crippen MR) is 119 cm³/mol. The van der Waals surface area contributed by atoms with Crippen molar-refractivity contribution in [3.8, 4) is 23.0 Å². The van der Waals surface area contributed by atoms with Crippen LogP contribution in [0.5, 0.6) is 23.0 Å². The number of hydrazone groups is 1. The Labute approximate surface area is 193 Å². The number of phenols is 1. The van der Waals surface area contributed by atoms with E-state index in [9.17, 15) is 18.7 Å². The van der Waals surface area contributed by atoms with Crippen LogP contribution in [0.3, 0.4) is 0 Å². The van der Waals surface area contributed by atoms with Crippen molar-refractivity contribution in [2.75, 3.05) is 13.2 Å². The Hall–Kier alpha value is -4.14. The van der Waals surface area contributed by atoms with Gasteiger partial charge >= 0.3 is 6.61 Å². The fraction of sp³-hybridized carbons (Fsp3) is 0.200. The van der Waals surface area contributed by atoms with Crippen molar-refractivity contribution in [1.82, 2.24) is 5.01 Å². The number of benzene rings is 3. The van der Waals surface area contributed by atoms with Crippen molar-refractivity contribution in [2.45, 2.75) is 19.1 Å². The number of phenolic OH excluding ortho intramolecular Hbond substituents is 1. The molecule has 1 N–H and O–H groups in total. The van der Waals surface area contributed by atoms with E-state index in [1.54, 1.807) is 30.3 Å². The van der Waals surface area contributed by atoms with Gasteiger partial charge in [-0.2, -0.15) is 13.9 Å². The minimum Gasteiger partial charge on any atom is -0.508 e. The maximum Gasteiger partial charge on any atom is 0.387 e. The van der Waals surface area contributed by atoms with E-state index >= 15 is 0 Å². The number of rotatable bonds is 5. The molecule has 1 atom stereocenters. The van der Waals surface area contributed by atoms with Gasteiger partial charge in [0.15, 0.2) is 11.5 Å². The van der Waals surface area contributed by atoms with Gasteiger partial charge in [-0.05, 0) is 42.5 Å². The zero-order valence-electron chi connectivity index (χ0n) is 17.9. The van der Waals surface area contributed by atoms with Crippen LogP contribution < -0.4 is 14.2 Å². The average Bonchev–Trinajstić information content (AvgIpc) is 3.28. The van der Waals surface area contributed by atoms with Gasteiger partial charge in [0, 0.05) is 23.1 Å². The number of fused-ring (bicyclic) bond motifs is 1. The molecule has 0 radical (unpaired) electrons. The molecule has 2 aliphatic heterocycles. The quantitative estimate of drug-likeness (QED) is 0.587. The summed E-state index contributed by atoms with van der Waals surface area (Å²) in [6, 6.07) is 17.1. The van der Waals surface area contributed by atoms with Crippen LogP contribution in [0, 0.1) is 0 Å².